The minimum atomic E-state index is -4.69. The number of alkyl halides is 3. The zero-order valence-corrected chi connectivity index (χ0v) is 29.5. The Balaban J connectivity index is 1.18. The van der Waals surface area contributed by atoms with Crippen LogP contribution in [0.3, 0.4) is 0 Å². The molecule has 6 rings (SSSR count). The maximum Gasteiger partial charge on any atom is 0.416 e. The SMILES string of the molecule is COc1cc2c(Oc3ccc(NC(=O)C4=NN(c5cccc(C(F)(F)F)c5)C(C=O)N(C)C4C=O)cc3F)ccnc2cc1OCCCN1CCCCC1. The third kappa shape index (κ3) is 8.44. The summed E-state index contributed by atoms with van der Waals surface area (Å²) in [6.07, 6.45) is 0.840. The van der Waals surface area contributed by atoms with Crippen LogP contribution in [-0.2, 0) is 20.6 Å². The molecule has 54 heavy (non-hydrogen) atoms. The Morgan fingerprint density at radius 1 is 0.963 bits per heavy atom. The van der Waals surface area contributed by atoms with Crippen LogP contribution in [0.1, 0.15) is 31.2 Å². The summed E-state index contributed by atoms with van der Waals surface area (Å²) in [5.41, 5.74) is -1.10. The zero-order valence-electron chi connectivity index (χ0n) is 29.5. The second kappa shape index (κ2) is 16.6. The average Bonchev–Trinajstić information content (AvgIpc) is 3.17. The molecule has 1 N–H and O–H groups in total. The molecule has 3 aromatic carbocycles. The molecule has 3 heterocycles. The van der Waals surface area contributed by atoms with Crippen LogP contribution in [0, 0.1) is 5.82 Å². The van der Waals surface area contributed by atoms with Gasteiger partial charge in [0.05, 0.1) is 30.5 Å². The van der Waals surface area contributed by atoms with E-state index in [0.717, 1.165) is 55.3 Å². The molecule has 284 valence electrons. The molecule has 1 amide bonds. The second-order valence-corrected chi connectivity index (χ2v) is 12.8. The molecule has 4 aromatic rings. The lowest BCUT2D eigenvalue weighted by Crippen LogP contribution is -2.60. The monoisotopic (exact) mass is 750 g/mol. The van der Waals surface area contributed by atoms with Crippen molar-refractivity contribution in [3.05, 3.63) is 78.2 Å². The van der Waals surface area contributed by atoms with Gasteiger partial charge in [0, 0.05) is 35.9 Å². The van der Waals surface area contributed by atoms with Gasteiger partial charge in [0.1, 0.15) is 18.1 Å². The van der Waals surface area contributed by atoms with Crippen LogP contribution >= 0.6 is 0 Å². The first-order valence-corrected chi connectivity index (χ1v) is 17.3. The number of rotatable bonds is 13. The number of benzene rings is 3. The number of nitrogens with one attached hydrogen (secondary N) is 1. The number of hydrazone groups is 1. The molecule has 1 aromatic heterocycles. The van der Waals surface area contributed by atoms with E-state index in [4.69, 9.17) is 14.2 Å². The molecule has 0 aliphatic carbocycles. The van der Waals surface area contributed by atoms with Crippen LogP contribution in [0.5, 0.6) is 23.0 Å². The van der Waals surface area contributed by atoms with Crippen molar-refractivity contribution in [3.63, 3.8) is 0 Å². The molecule has 1 saturated heterocycles. The van der Waals surface area contributed by atoms with E-state index in [1.54, 1.807) is 18.2 Å². The summed E-state index contributed by atoms with van der Waals surface area (Å²) in [7, 11) is 2.86. The number of piperidine rings is 1. The van der Waals surface area contributed by atoms with Gasteiger partial charge in [0.15, 0.2) is 41.2 Å². The highest BCUT2D eigenvalue weighted by Crippen LogP contribution is 2.38. The summed E-state index contributed by atoms with van der Waals surface area (Å²) in [5.74, 6) is -0.733. The molecule has 2 unspecified atom stereocenters. The van der Waals surface area contributed by atoms with E-state index in [9.17, 15) is 27.6 Å². The van der Waals surface area contributed by atoms with E-state index in [0.29, 0.717) is 41.6 Å². The quantitative estimate of drug-likeness (QED) is 0.0948. The lowest BCUT2D eigenvalue weighted by atomic mass is 10.1. The van der Waals surface area contributed by atoms with Crippen molar-refractivity contribution >= 4 is 46.5 Å². The molecule has 1 fully saturated rings. The summed E-state index contributed by atoms with van der Waals surface area (Å²) >= 11 is 0. The molecular weight excluding hydrogens is 712 g/mol. The van der Waals surface area contributed by atoms with E-state index < -0.39 is 41.4 Å². The Hall–Kier alpha value is -5.61. The fourth-order valence-electron chi connectivity index (χ4n) is 6.41. The predicted molar refractivity (Wildman–Crippen MR) is 193 cm³/mol. The Bertz CT molecular complexity index is 2040. The maximum atomic E-state index is 15.5. The Labute approximate surface area is 308 Å². The van der Waals surface area contributed by atoms with Crippen LogP contribution in [0.25, 0.3) is 10.9 Å². The van der Waals surface area contributed by atoms with Crippen LogP contribution in [0.2, 0.25) is 0 Å². The van der Waals surface area contributed by atoms with Gasteiger partial charge in [-0.05, 0) is 81.9 Å². The van der Waals surface area contributed by atoms with Gasteiger partial charge in [-0.25, -0.2) is 9.40 Å². The van der Waals surface area contributed by atoms with Crippen molar-refractivity contribution in [2.45, 2.75) is 44.1 Å². The first-order valence-electron chi connectivity index (χ1n) is 17.3. The number of fused-ring (bicyclic) bond motifs is 1. The number of amides is 1. The first-order chi connectivity index (χ1) is 26.0. The Morgan fingerprint density at radius 3 is 2.46 bits per heavy atom. The zero-order chi connectivity index (χ0) is 38.4. The highest BCUT2D eigenvalue weighted by atomic mass is 19.4. The number of hydrogen-bond donors (Lipinski definition) is 1. The van der Waals surface area contributed by atoms with Crippen molar-refractivity contribution in [3.8, 4) is 23.0 Å². The summed E-state index contributed by atoms with van der Waals surface area (Å²) < 4.78 is 73.4. The van der Waals surface area contributed by atoms with Gasteiger partial charge in [-0.2, -0.15) is 18.3 Å². The number of halogens is 4. The van der Waals surface area contributed by atoms with Gasteiger partial charge < -0.3 is 29.2 Å². The van der Waals surface area contributed by atoms with Crippen molar-refractivity contribution < 1.29 is 46.2 Å². The predicted octanol–water partition coefficient (Wildman–Crippen LogP) is 6.29. The third-order valence-corrected chi connectivity index (χ3v) is 9.25. The molecule has 16 heteroatoms. The lowest BCUT2D eigenvalue weighted by molar-refractivity contribution is -0.137. The molecule has 2 aliphatic rings. The highest BCUT2D eigenvalue weighted by molar-refractivity contribution is 6.47. The number of methoxy groups -OCH3 is 1. The summed E-state index contributed by atoms with van der Waals surface area (Å²) in [5, 5.41) is 8.05. The lowest BCUT2D eigenvalue weighted by Gasteiger charge is -2.40. The van der Waals surface area contributed by atoms with Crippen molar-refractivity contribution in [1.82, 2.24) is 14.8 Å². The van der Waals surface area contributed by atoms with Crippen molar-refractivity contribution in [2.75, 3.05) is 50.7 Å². The number of pyridine rings is 1. The van der Waals surface area contributed by atoms with E-state index in [2.05, 4.69) is 20.3 Å². The minimum absolute atomic E-state index is 0.0358. The van der Waals surface area contributed by atoms with Gasteiger partial charge in [-0.15, -0.1) is 0 Å². The topological polar surface area (TPSA) is 126 Å². The van der Waals surface area contributed by atoms with Gasteiger partial charge in [0.25, 0.3) is 5.91 Å². The number of aldehydes is 2. The van der Waals surface area contributed by atoms with Crippen LogP contribution in [0.4, 0.5) is 28.9 Å². The third-order valence-electron chi connectivity index (χ3n) is 9.25. The number of anilines is 2. The fourth-order valence-corrected chi connectivity index (χ4v) is 6.41. The molecule has 0 radical (unpaired) electrons. The largest absolute Gasteiger partial charge is 0.493 e. The molecule has 0 bridgehead atoms. The second-order valence-electron chi connectivity index (χ2n) is 12.8. The standard InChI is InChI=1S/C38H38F4N6O6/c1-46-30(22-49)36(45-48(35(46)23-50)26-9-6-8-24(18-26)38(40,41)42)37(51)44-25-10-11-32(28(39)19-25)54-31-12-13-43-29-21-34(33(52-2)20-27(29)31)53-17-7-16-47-14-4-3-5-15-47/h6,8-13,18-23,30,35H,3-5,7,14-17H2,1-2H3,(H,44,51). The maximum absolute atomic E-state index is 15.5. The normalized spacial score (nSPS) is 18.2. The van der Waals surface area contributed by atoms with Crippen LogP contribution < -0.4 is 24.5 Å². The number of carbonyl (C=O) groups is 3. The van der Waals surface area contributed by atoms with E-state index in [-0.39, 0.29) is 22.9 Å². The van der Waals surface area contributed by atoms with Gasteiger partial charge in [-0.3, -0.25) is 19.5 Å². The summed E-state index contributed by atoms with van der Waals surface area (Å²) in [4.78, 5) is 45.6. The number of hydrogen-bond acceptors (Lipinski definition) is 11. The molecule has 0 spiro atoms. The minimum Gasteiger partial charge on any atom is -0.493 e. The Kier molecular flexibility index (Phi) is 11.7. The molecule has 2 atom stereocenters. The smallest absolute Gasteiger partial charge is 0.416 e. The molecule has 12 nitrogen and oxygen atoms in total. The number of carbonyl (C=O) groups excluding carboxylic acids is 3. The van der Waals surface area contributed by atoms with Gasteiger partial charge in [-0.1, -0.05) is 12.5 Å². The number of ether oxygens (including phenoxy) is 3. The first kappa shape index (κ1) is 38.1. The molecular formula is C38H38F4N6O6. The van der Waals surface area contributed by atoms with Crippen molar-refractivity contribution in [1.29, 1.82) is 0 Å². The van der Waals surface area contributed by atoms with E-state index in [1.807, 2.05) is 0 Å². The highest BCUT2D eigenvalue weighted by Gasteiger charge is 2.40. The number of aromatic nitrogens is 1. The average molecular weight is 751 g/mol. The summed E-state index contributed by atoms with van der Waals surface area (Å²) in [6, 6.07) is 11.3. The number of likely N-dealkylation sites (N-methyl/N-ethyl adjacent to an activating group) is 1. The fraction of sp³-hybridized carbons (Fsp3) is 0.342. The molecule has 2 aliphatic heterocycles. The van der Waals surface area contributed by atoms with Crippen molar-refractivity contribution in [2.24, 2.45) is 5.10 Å². The van der Waals surface area contributed by atoms with E-state index in [1.165, 1.54) is 62.7 Å². The van der Waals surface area contributed by atoms with Gasteiger partial charge in [0.2, 0.25) is 0 Å². The van der Waals surface area contributed by atoms with Crippen LogP contribution in [-0.4, -0.2) is 91.6 Å². The summed E-state index contributed by atoms with van der Waals surface area (Å²) in [6.45, 7) is 3.67. The number of nitrogens with zero attached hydrogens (tertiary/aromatic N) is 5. The number of likely N-dealkylation sites (tertiary alicyclic amines) is 1. The Morgan fingerprint density at radius 2 is 1.76 bits per heavy atom. The molecule has 0 saturated carbocycles. The van der Waals surface area contributed by atoms with Gasteiger partial charge >= 0.3 is 6.18 Å². The van der Waals surface area contributed by atoms with Crippen LogP contribution in [0.15, 0.2) is 72.0 Å². The van der Waals surface area contributed by atoms with E-state index >= 15 is 4.39 Å².